The van der Waals surface area contributed by atoms with Crippen molar-refractivity contribution >= 4 is 15.9 Å². The maximum Gasteiger partial charge on any atom is 0.138 e. The van der Waals surface area contributed by atoms with Gasteiger partial charge < -0.3 is 0 Å². The maximum absolute atomic E-state index is 4.31. The SMILES string of the molecule is CC1CCC(Br)CC1Cc1ncnn1C. The monoisotopic (exact) mass is 271 g/mol. The topological polar surface area (TPSA) is 30.7 Å². The number of rotatable bonds is 2. The first-order valence-corrected chi connectivity index (χ1v) is 6.55. The lowest BCUT2D eigenvalue weighted by molar-refractivity contribution is 0.257. The number of aryl methyl sites for hydroxylation is 1. The number of nitrogens with zero attached hydrogens (tertiary/aromatic N) is 3. The van der Waals surface area contributed by atoms with E-state index < -0.39 is 0 Å². The fourth-order valence-electron chi connectivity index (χ4n) is 2.38. The van der Waals surface area contributed by atoms with Gasteiger partial charge in [0.2, 0.25) is 0 Å². The van der Waals surface area contributed by atoms with Crippen LogP contribution in [0.5, 0.6) is 0 Å². The molecule has 0 spiro atoms. The van der Waals surface area contributed by atoms with Crippen LogP contribution in [-0.4, -0.2) is 19.6 Å². The molecule has 0 aromatic carbocycles. The van der Waals surface area contributed by atoms with Crippen molar-refractivity contribution < 1.29 is 0 Å². The van der Waals surface area contributed by atoms with E-state index in [4.69, 9.17) is 0 Å². The molecule has 0 radical (unpaired) electrons. The number of hydrogen-bond acceptors (Lipinski definition) is 2. The van der Waals surface area contributed by atoms with Crippen molar-refractivity contribution in [3.8, 4) is 0 Å². The molecule has 2 rings (SSSR count). The van der Waals surface area contributed by atoms with E-state index in [1.165, 1.54) is 19.3 Å². The molecule has 1 heterocycles. The van der Waals surface area contributed by atoms with Crippen LogP contribution in [0.25, 0.3) is 0 Å². The Hall–Kier alpha value is -0.380. The molecule has 3 atom stereocenters. The average Bonchev–Trinajstić information content (AvgIpc) is 2.58. The fraction of sp³-hybridized carbons (Fsp3) is 0.818. The van der Waals surface area contributed by atoms with Gasteiger partial charge in [0.15, 0.2) is 0 Å². The van der Waals surface area contributed by atoms with Crippen LogP contribution in [-0.2, 0) is 13.5 Å². The Labute approximate surface area is 99.4 Å². The zero-order valence-electron chi connectivity index (χ0n) is 9.36. The minimum atomic E-state index is 0.701. The van der Waals surface area contributed by atoms with Gasteiger partial charge in [0.25, 0.3) is 0 Å². The highest BCUT2D eigenvalue weighted by molar-refractivity contribution is 9.09. The number of halogens is 1. The highest BCUT2D eigenvalue weighted by atomic mass is 79.9. The first-order chi connectivity index (χ1) is 7.16. The quantitative estimate of drug-likeness (QED) is 0.775. The highest BCUT2D eigenvalue weighted by Gasteiger charge is 2.27. The number of hydrogen-bond donors (Lipinski definition) is 0. The van der Waals surface area contributed by atoms with Crippen molar-refractivity contribution in [2.45, 2.75) is 37.4 Å². The van der Waals surface area contributed by atoms with Gasteiger partial charge >= 0.3 is 0 Å². The van der Waals surface area contributed by atoms with E-state index in [0.717, 1.165) is 24.1 Å². The summed E-state index contributed by atoms with van der Waals surface area (Å²) in [7, 11) is 1.97. The molecule has 4 heteroatoms. The van der Waals surface area contributed by atoms with Crippen molar-refractivity contribution in [1.82, 2.24) is 14.8 Å². The lowest BCUT2D eigenvalue weighted by Crippen LogP contribution is -2.25. The average molecular weight is 272 g/mol. The van der Waals surface area contributed by atoms with Crippen molar-refractivity contribution in [2.24, 2.45) is 18.9 Å². The van der Waals surface area contributed by atoms with Crippen LogP contribution in [0.2, 0.25) is 0 Å². The van der Waals surface area contributed by atoms with Crippen LogP contribution < -0.4 is 0 Å². The molecule has 1 aromatic heterocycles. The number of alkyl halides is 1. The molecule has 3 unspecified atom stereocenters. The third kappa shape index (κ3) is 2.60. The van der Waals surface area contributed by atoms with Gasteiger partial charge in [-0.05, 0) is 31.1 Å². The van der Waals surface area contributed by atoms with Crippen LogP contribution in [0.3, 0.4) is 0 Å². The second-order valence-electron chi connectivity index (χ2n) is 4.65. The predicted octanol–water partition coefficient (Wildman–Crippen LogP) is 2.56. The van der Waals surface area contributed by atoms with E-state index in [0.29, 0.717) is 4.83 Å². The van der Waals surface area contributed by atoms with Gasteiger partial charge in [0.1, 0.15) is 12.2 Å². The zero-order valence-corrected chi connectivity index (χ0v) is 10.9. The molecule has 0 amide bonds. The van der Waals surface area contributed by atoms with E-state index in [2.05, 4.69) is 32.9 Å². The number of aromatic nitrogens is 3. The minimum absolute atomic E-state index is 0.701. The second-order valence-corrected chi connectivity index (χ2v) is 5.95. The lowest BCUT2D eigenvalue weighted by Gasteiger charge is -2.31. The second kappa shape index (κ2) is 4.64. The predicted molar refractivity (Wildman–Crippen MR) is 63.9 cm³/mol. The van der Waals surface area contributed by atoms with Gasteiger partial charge in [0, 0.05) is 18.3 Å². The van der Waals surface area contributed by atoms with Gasteiger partial charge in [0.05, 0.1) is 0 Å². The Morgan fingerprint density at radius 1 is 1.53 bits per heavy atom. The van der Waals surface area contributed by atoms with Crippen LogP contribution in [0.1, 0.15) is 32.0 Å². The molecule has 1 fully saturated rings. The molecule has 0 aliphatic heterocycles. The molecule has 0 bridgehead atoms. The van der Waals surface area contributed by atoms with Gasteiger partial charge in [-0.25, -0.2) is 4.98 Å². The molecule has 0 N–H and O–H groups in total. The van der Waals surface area contributed by atoms with E-state index in [1.807, 2.05) is 11.7 Å². The third-order valence-corrected chi connectivity index (χ3v) is 4.38. The van der Waals surface area contributed by atoms with Crippen LogP contribution in [0.15, 0.2) is 6.33 Å². The van der Waals surface area contributed by atoms with Crippen LogP contribution in [0.4, 0.5) is 0 Å². The minimum Gasteiger partial charge on any atom is -0.253 e. The summed E-state index contributed by atoms with van der Waals surface area (Å²) in [6, 6.07) is 0. The van der Waals surface area contributed by atoms with Gasteiger partial charge in [-0.15, -0.1) is 0 Å². The first kappa shape index (κ1) is 11.1. The van der Waals surface area contributed by atoms with E-state index in [9.17, 15) is 0 Å². The third-order valence-electron chi connectivity index (χ3n) is 3.55. The van der Waals surface area contributed by atoms with E-state index >= 15 is 0 Å². The molecule has 15 heavy (non-hydrogen) atoms. The lowest BCUT2D eigenvalue weighted by atomic mass is 9.78. The molecule has 3 nitrogen and oxygen atoms in total. The van der Waals surface area contributed by atoms with Crippen LogP contribution in [0, 0.1) is 11.8 Å². The molecular weight excluding hydrogens is 254 g/mol. The summed E-state index contributed by atoms with van der Waals surface area (Å²) < 4.78 is 1.89. The summed E-state index contributed by atoms with van der Waals surface area (Å²) in [5, 5.41) is 4.12. The molecule has 0 saturated heterocycles. The molecule has 1 saturated carbocycles. The first-order valence-electron chi connectivity index (χ1n) is 5.63. The normalized spacial score (nSPS) is 31.8. The Bertz CT molecular complexity index is 323. The van der Waals surface area contributed by atoms with E-state index in [1.54, 1.807) is 6.33 Å². The molecule has 1 aromatic rings. The Kier molecular flexibility index (Phi) is 3.44. The van der Waals surface area contributed by atoms with E-state index in [-0.39, 0.29) is 0 Å². The van der Waals surface area contributed by atoms with Crippen molar-refractivity contribution in [3.05, 3.63) is 12.2 Å². The summed E-state index contributed by atoms with van der Waals surface area (Å²) in [5.41, 5.74) is 0. The van der Waals surface area contributed by atoms with Crippen LogP contribution >= 0.6 is 15.9 Å². The Morgan fingerprint density at radius 3 is 3.00 bits per heavy atom. The summed E-state index contributed by atoms with van der Waals surface area (Å²) in [6.45, 7) is 2.36. The van der Waals surface area contributed by atoms with Crippen molar-refractivity contribution in [3.63, 3.8) is 0 Å². The highest BCUT2D eigenvalue weighted by Crippen LogP contribution is 2.35. The molecule has 84 valence electrons. The maximum atomic E-state index is 4.31. The Morgan fingerprint density at radius 2 is 2.33 bits per heavy atom. The van der Waals surface area contributed by atoms with Gasteiger partial charge in [-0.1, -0.05) is 22.9 Å². The smallest absolute Gasteiger partial charge is 0.138 e. The summed E-state index contributed by atoms with van der Waals surface area (Å²) >= 11 is 3.74. The van der Waals surface area contributed by atoms with Crippen molar-refractivity contribution in [2.75, 3.05) is 0 Å². The standard InChI is InChI=1S/C11H18BrN3/c1-8-3-4-10(12)5-9(8)6-11-13-7-14-15(11)2/h7-10H,3-6H2,1-2H3. The van der Waals surface area contributed by atoms with Gasteiger partial charge in [-0.2, -0.15) is 5.10 Å². The Balaban J connectivity index is 2.01. The molecule has 1 aliphatic rings. The largest absolute Gasteiger partial charge is 0.253 e. The van der Waals surface area contributed by atoms with Crippen molar-refractivity contribution in [1.29, 1.82) is 0 Å². The molecule has 1 aliphatic carbocycles. The fourth-order valence-corrected chi connectivity index (χ4v) is 3.13. The molecular formula is C11H18BrN3. The summed E-state index contributed by atoms with van der Waals surface area (Å²) in [4.78, 5) is 5.01. The summed E-state index contributed by atoms with van der Waals surface area (Å²) in [6.07, 6.45) is 6.64. The zero-order chi connectivity index (χ0) is 10.8. The summed E-state index contributed by atoms with van der Waals surface area (Å²) in [5.74, 6) is 2.69. The van der Waals surface area contributed by atoms with Gasteiger partial charge in [-0.3, -0.25) is 4.68 Å².